The number of aliphatic hydroxyl groups excluding tert-OH is 1. The predicted molar refractivity (Wildman–Crippen MR) is 134 cm³/mol. The van der Waals surface area contributed by atoms with Gasteiger partial charge in [-0.25, -0.2) is 9.78 Å². The number of aromatic nitrogens is 1. The Balaban J connectivity index is 1.85. The first-order valence-electron chi connectivity index (χ1n) is 12.4. The smallest absolute Gasteiger partial charge is 0.317 e. The van der Waals surface area contributed by atoms with Crippen LogP contribution in [0.2, 0.25) is 0 Å². The maximum Gasteiger partial charge on any atom is 0.317 e. The van der Waals surface area contributed by atoms with Gasteiger partial charge in [-0.2, -0.15) is 0 Å². The largest absolute Gasteiger partial charge is 0.472 e. The Kier molecular flexibility index (Phi) is 9.35. The van der Waals surface area contributed by atoms with Crippen molar-refractivity contribution in [2.75, 3.05) is 47.4 Å². The van der Waals surface area contributed by atoms with Gasteiger partial charge in [0.1, 0.15) is 11.7 Å². The molecule has 0 radical (unpaired) electrons. The Bertz CT molecular complexity index is 951. The van der Waals surface area contributed by atoms with E-state index in [-0.39, 0.29) is 48.5 Å². The third-order valence-electron chi connectivity index (χ3n) is 6.63. The molecule has 0 unspecified atom stereocenters. The average molecular weight is 486 g/mol. The summed E-state index contributed by atoms with van der Waals surface area (Å²) in [4.78, 5) is 35.9. The van der Waals surface area contributed by atoms with Crippen LogP contribution in [0.1, 0.15) is 55.5 Å². The molecule has 1 aromatic heterocycles. The highest BCUT2D eigenvalue weighted by Crippen LogP contribution is 2.27. The number of nitrogens with zero attached hydrogens (tertiary/aromatic N) is 4. The standard InChI is InChI=1S/C26H39N5O4/c1-18-15-31(19(2)17-32)25(33)22-13-20(9-8-12-29(3)4)14-27-24(22)35-23(18)16-30(5)26(34)28-21-10-6-7-11-21/h13-14,18-19,21,23,32H,6-7,10-12,15-17H2,1-5H3,(H,28,34)/t18-,19+,23-/m0/s1. The van der Waals surface area contributed by atoms with Gasteiger partial charge >= 0.3 is 6.03 Å². The molecule has 1 aliphatic carbocycles. The first-order chi connectivity index (χ1) is 16.7. The molecule has 2 aliphatic rings. The molecule has 9 heteroatoms. The molecule has 1 saturated carbocycles. The van der Waals surface area contributed by atoms with Crippen LogP contribution in [0, 0.1) is 17.8 Å². The Morgan fingerprint density at radius 3 is 2.71 bits per heavy atom. The van der Waals surface area contributed by atoms with Gasteiger partial charge in [0.15, 0.2) is 0 Å². The van der Waals surface area contributed by atoms with Gasteiger partial charge in [-0.05, 0) is 39.9 Å². The van der Waals surface area contributed by atoms with E-state index in [9.17, 15) is 14.7 Å². The number of pyridine rings is 1. The summed E-state index contributed by atoms with van der Waals surface area (Å²) in [5.74, 6) is 6.00. The maximum absolute atomic E-state index is 13.5. The van der Waals surface area contributed by atoms with E-state index in [0.717, 1.165) is 25.7 Å². The first-order valence-corrected chi connectivity index (χ1v) is 12.4. The van der Waals surface area contributed by atoms with E-state index in [1.807, 2.05) is 32.8 Å². The molecule has 192 valence electrons. The van der Waals surface area contributed by atoms with Crippen molar-refractivity contribution in [3.05, 3.63) is 23.4 Å². The Morgan fingerprint density at radius 2 is 2.06 bits per heavy atom. The molecular formula is C26H39N5O4. The third-order valence-corrected chi connectivity index (χ3v) is 6.63. The third kappa shape index (κ3) is 7.09. The summed E-state index contributed by atoms with van der Waals surface area (Å²) in [6, 6.07) is 1.44. The summed E-state index contributed by atoms with van der Waals surface area (Å²) in [7, 11) is 5.63. The minimum Gasteiger partial charge on any atom is -0.472 e. The fourth-order valence-corrected chi connectivity index (χ4v) is 4.40. The van der Waals surface area contributed by atoms with Crippen molar-refractivity contribution in [1.82, 2.24) is 25.0 Å². The molecule has 3 rings (SSSR count). The lowest BCUT2D eigenvalue weighted by molar-refractivity contribution is 0.0351. The van der Waals surface area contributed by atoms with Crippen molar-refractivity contribution in [3.63, 3.8) is 0 Å². The normalized spacial score (nSPS) is 21.3. The van der Waals surface area contributed by atoms with Gasteiger partial charge in [0.2, 0.25) is 5.88 Å². The average Bonchev–Trinajstić information content (AvgIpc) is 3.33. The number of ether oxygens (including phenoxy) is 1. The van der Waals surface area contributed by atoms with E-state index >= 15 is 0 Å². The lowest BCUT2D eigenvalue weighted by Gasteiger charge is -2.37. The van der Waals surface area contributed by atoms with E-state index in [0.29, 0.717) is 30.8 Å². The summed E-state index contributed by atoms with van der Waals surface area (Å²) in [5, 5.41) is 12.9. The molecule has 0 spiro atoms. The highest BCUT2D eigenvalue weighted by Gasteiger charge is 2.35. The second-order valence-corrected chi connectivity index (χ2v) is 10.1. The van der Waals surface area contributed by atoms with Crippen LogP contribution < -0.4 is 10.1 Å². The Morgan fingerprint density at radius 1 is 1.34 bits per heavy atom. The molecule has 2 heterocycles. The van der Waals surface area contributed by atoms with E-state index in [1.165, 1.54) is 0 Å². The molecule has 3 amide bonds. The highest BCUT2D eigenvalue weighted by atomic mass is 16.5. The van der Waals surface area contributed by atoms with Crippen LogP contribution in [-0.4, -0.2) is 102 Å². The fourth-order valence-electron chi connectivity index (χ4n) is 4.40. The van der Waals surface area contributed by atoms with Crippen LogP contribution >= 0.6 is 0 Å². The number of hydrogen-bond acceptors (Lipinski definition) is 6. The zero-order chi connectivity index (χ0) is 25.5. The van der Waals surface area contributed by atoms with Crippen LogP contribution in [0.25, 0.3) is 0 Å². The van der Waals surface area contributed by atoms with Crippen molar-refractivity contribution in [3.8, 4) is 17.7 Å². The van der Waals surface area contributed by atoms with Crippen molar-refractivity contribution in [1.29, 1.82) is 0 Å². The van der Waals surface area contributed by atoms with E-state index in [2.05, 4.69) is 22.1 Å². The summed E-state index contributed by atoms with van der Waals surface area (Å²) in [6.45, 7) is 4.98. The van der Waals surface area contributed by atoms with Gasteiger partial charge in [-0.3, -0.25) is 9.69 Å². The zero-order valence-electron chi connectivity index (χ0n) is 21.6. The van der Waals surface area contributed by atoms with Crippen molar-refractivity contribution >= 4 is 11.9 Å². The van der Waals surface area contributed by atoms with Crippen LogP contribution in [0.3, 0.4) is 0 Å². The second kappa shape index (κ2) is 12.2. The zero-order valence-corrected chi connectivity index (χ0v) is 21.6. The molecular weight excluding hydrogens is 446 g/mol. The quantitative estimate of drug-likeness (QED) is 0.597. The van der Waals surface area contributed by atoms with Gasteiger partial charge in [-0.1, -0.05) is 31.6 Å². The number of fused-ring (bicyclic) bond motifs is 1. The number of likely N-dealkylation sites (N-methyl/N-ethyl adjacent to an activating group) is 1. The van der Waals surface area contributed by atoms with Gasteiger partial charge < -0.3 is 25.0 Å². The van der Waals surface area contributed by atoms with Crippen molar-refractivity contribution in [2.24, 2.45) is 5.92 Å². The second-order valence-electron chi connectivity index (χ2n) is 10.1. The van der Waals surface area contributed by atoms with Crippen molar-refractivity contribution < 1.29 is 19.4 Å². The van der Waals surface area contributed by atoms with Crippen LogP contribution in [0.15, 0.2) is 12.3 Å². The van der Waals surface area contributed by atoms with Gasteiger partial charge in [0.25, 0.3) is 5.91 Å². The number of carbonyl (C=O) groups excluding carboxylic acids is 2. The molecule has 0 bridgehead atoms. The minimum absolute atomic E-state index is 0.0933. The summed E-state index contributed by atoms with van der Waals surface area (Å²) < 4.78 is 6.27. The lowest BCUT2D eigenvalue weighted by atomic mass is 10.00. The summed E-state index contributed by atoms with van der Waals surface area (Å²) in [6.07, 6.45) is 5.55. The Hall–Kier alpha value is -2.83. The molecule has 9 nitrogen and oxygen atoms in total. The van der Waals surface area contributed by atoms with E-state index in [1.54, 1.807) is 29.1 Å². The van der Waals surface area contributed by atoms with E-state index in [4.69, 9.17) is 4.74 Å². The molecule has 0 aromatic carbocycles. The van der Waals surface area contributed by atoms with E-state index < -0.39 is 0 Å². The maximum atomic E-state index is 13.5. The number of aliphatic hydroxyl groups is 1. The SMILES string of the molecule is C[C@H](CO)N1C[C@H](C)[C@H](CN(C)C(=O)NC2CCCC2)Oc2ncc(C#CCN(C)C)cc2C1=O. The highest BCUT2D eigenvalue weighted by molar-refractivity contribution is 5.97. The number of urea groups is 1. The molecule has 3 atom stereocenters. The van der Waals surface area contributed by atoms with Crippen LogP contribution in [0.5, 0.6) is 5.88 Å². The van der Waals surface area contributed by atoms with Gasteiger partial charge in [-0.15, -0.1) is 0 Å². The van der Waals surface area contributed by atoms with Crippen LogP contribution in [-0.2, 0) is 0 Å². The van der Waals surface area contributed by atoms with Gasteiger partial charge in [0.05, 0.1) is 25.7 Å². The molecule has 1 aromatic rings. The Labute approximate surface area is 208 Å². The monoisotopic (exact) mass is 485 g/mol. The minimum atomic E-state index is -0.382. The number of rotatable bonds is 6. The molecule has 1 fully saturated rings. The number of carbonyl (C=O) groups is 2. The predicted octanol–water partition coefficient (Wildman–Crippen LogP) is 1.80. The van der Waals surface area contributed by atoms with Gasteiger partial charge in [0, 0.05) is 37.3 Å². The topological polar surface area (TPSA) is 98.2 Å². The fraction of sp³-hybridized carbons (Fsp3) is 0.654. The summed E-state index contributed by atoms with van der Waals surface area (Å²) in [5.41, 5.74) is 0.939. The number of nitrogens with one attached hydrogen (secondary N) is 1. The molecule has 2 N–H and O–H groups in total. The number of amides is 3. The van der Waals surface area contributed by atoms with Crippen LogP contribution in [0.4, 0.5) is 4.79 Å². The molecule has 0 saturated heterocycles. The lowest BCUT2D eigenvalue weighted by Crippen LogP contribution is -2.52. The van der Waals surface area contributed by atoms with Crippen molar-refractivity contribution in [2.45, 2.75) is 57.7 Å². The first kappa shape index (κ1) is 26.8. The number of hydrogen-bond donors (Lipinski definition) is 2. The molecule has 1 aliphatic heterocycles. The molecule has 35 heavy (non-hydrogen) atoms. The summed E-state index contributed by atoms with van der Waals surface area (Å²) >= 11 is 0.